The molecule has 0 unspecified atom stereocenters. The van der Waals surface area contributed by atoms with Crippen molar-refractivity contribution >= 4 is 43.2 Å². The third-order valence-corrected chi connectivity index (χ3v) is 4.55. The molecule has 2 aromatic heterocycles. The molecule has 0 saturated carbocycles. The summed E-state index contributed by atoms with van der Waals surface area (Å²) in [5.74, 6) is 0. The zero-order valence-electron chi connectivity index (χ0n) is 10.8. The average Bonchev–Trinajstić information content (AvgIpc) is 2.83. The van der Waals surface area contributed by atoms with Crippen molar-refractivity contribution in [3.8, 4) is 0 Å². The van der Waals surface area contributed by atoms with Crippen molar-refractivity contribution in [1.82, 2.24) is 14.4 Å². The molecule has 102 valence electrons. The van der Waals surface area contributed by atoms with Gasteiger partial charge in [-0.15, -0.1) is 0 Å². The first-order chi connectivity index (χ1) is 9.65. The number of benzene rings is 1. The first-order valence-electron chi connectivity index (χ1n) is 6.11. The molecule has 0 spiro atoms. The summed E-state index contributed by atoms with van der Waals surface area (Å²) in [6.07, 6.45) is 5.53. The Morgan fingerprint density at radius 2 is 2.05 bits per heavy atom. The van der Waals surface area contributed by atoms with Crippen LogP contribution in [0.5, 0.6) is 0 Å². The Morgan fingerprint density at radius 1 is 1.20 bits per heavy atom. The van der Waals surface area contributed by atoms with Gasteiger partial charge < -0.3 is 5.32 Å². The minimum atomic E-state index is 0.694. The molecule has 3 aromatic rings. The number of nitrogens with zero attached hydrogens (tertiary/aromatic N) is 3. The molecule has 0 amide bonds. The molecule has 0 fully saturated rings. The van der Waals surface area contributed by atoms with Gasteiger partial charge in [-0.05, 0) is 50.4 Å². The molecule has 0 saturated heterocycles. The zero-order chi connectivity index (χ0) is 14.1. The maximum absolute atomic E-state index is 4.34. The Labute approximate surface area is 133 Å². The summed E-state index contributed by atoms with van der Waals surface area (Å²) in [4.78, 5) is 8.51. The molecule has 2 heterocycles. The number of hydrogen-bond acceptors (Lipinski definition) is 3. The third kappa shape index (κ3) is 2.58. The summed E-state index contributed by atoms with van der Waals surface area (Å²) < 4.78 is 3.91. The molecule has 0 bridgehead atoms. The van der Waals surface area contributed by atoms with Gasteiger partial charge in [-0.25, -0.2) is 9.97 Å². The van der Waals surface area contributed by atoms with Crippen LogP contribution < -0.4 is 5.32 Å². The van der Waals surface area contributed by atoms with Crippen LogP contribution >= 0.6 is 31.9 Å². The van der Waals surface area contributed by atoms with E-state index in [1.165, 1.54) is 5.56 Å². The van der Waals surface area contributed by atoms with Gasteiger partial charge in [-0.2, -0.15) is 0 Å². The number of imidazole rings is 1. The van der Waals surface area contributed by atoms with Gasteiger partial charge in [-0.3, -0.25) is 4.40 Å². The normalized spacial score (nSPS) is 10.9. The van der Waals surface area contributed by atoms with E-state index in [0.717, 1.165) is 26.1 Å². The molecule has 1 aromatic carbocycles. The van der Waals surface area contributed by atoms with E-state index in [2.05, 4.69) is 66.2 Å². The monoisotopic (exact) mass is 394 g/mol. The second-order valence-electron chi connectivity index (χ2n) is 4.48. The van der Waals surface area contributed by atoms with E-state index >= 15 is 0 Å². The number of fused-ring (bicyclic) bond motifs is 1. The van der Waals surface area contributed by atoms with Gasteiger partial charge >= 0.3 is 0 Å². The van der Waals surface area contributed by atoms with Gasteiger partial charge in [0.25, 0.3) is 0 Å². The number of halogens is 2. The van der Waals surface area contributed by atoms with Crippen molar-refractivity contribution in [2.24, 2.45) is 0 Å². The van der Waals surface area contributed by atoms with E-state index in [0.29, 0.717) is 6.54 Å². The number of hydrogen-bond donors (Lipinski definition) is 1. The highest BCUT2D eigenvalue weighted by Gasteiger charge is 2.06. The number of anilines is 1. The highest BCUT2D eigenvalue weighted by atomic mass is 79.9. The quantitative estimate of drug-likeness (QED) is 0.723. The van der Waals surface area contributed by atoms with E-state index in [9.17, 15) is 0 Å². The fraction of sp³-hybridized carbons (Fsp3) is 0.143. The summed E-state index contributed by atoms with van der Waals surface area (Å²) in [6.45, 7) is 2.77. The van der Waals surface area contributed by atoms with E-state index in [1.807, 2.05) is 22.9 Å². The molecule has 0 aliphatic carbocycles. The second kappa shape index (κ2) is 5.54. The van der Waals surface area contributed by atoms with Crippen LogP contribution in [0.2, 0.25) is 0 Å². The van der Waals surface area contributed by atoms with E-state index in [4.69, 9.17) is 0 Å². The summed E-state index contributed by atoms with van der Waals surface area (Å²) in [5, 5.41) is 3.42. The Bertz CT molecular complexity index is 767. The summed E-state index contributed by atoms with van der Waals surface area (Å²) in [5.41, 5.74) is 4.21. The first-order valence-corrected chi connectivity index (χ1v) is 7.70. The number of aromatic nitrogens is 3. The molecule has 0 aliphatic rings. The minimum absolute atomic E-state index is 0.694. The summed E-state index contributed by atoms with van der Waals surface area (Å²) in [7, 11) is 0. The van der Waals surface area contributed by atoms with Crippen LogP contribution in [-0.4, -0.2) is 14.4 Å². The predicted molar refractivity (Wildman–Crippen MR) is 86.9 cm³/mol. The molecule has 6 heteroatoms. The van der Waals surface area contributed by atoms with Crippen LogP contribution in [0.1, 0.15) is 11.3 Å². The fourth-order valence-corrected chi connectivity index (χ4v) is 2.73. The lowest BCUT2D eigenvalue weighted by Gasteiger charge is -2.10. The van der Waals surface area contributed by atoms with Crippen LogP contribution in [0.4, 0.5) is 5.69 Å². The topological polar surface area (TPSA) is 42.2 Å². The molecule has 3 rings (SSSR count). The van der Waals surface area contributed by atoms with Crippen molar-refractivity contribution < 1.29 is 0 Å². The van der Waals surface area contributed by atoms with Crippen molar-refractivity contribution in [2.45, 2.75) is 13.5 Å². The standard InChI is InChI=1S/C14H12Br2N4/c1-9-3-2-4-11(14(9)16)17-5-10-6-19-13-7-18-12(15)8-20(10)13/h2-4,6-8,17H,5H2,1H3. The fourth-order valence-electron chi connectivity index (χ4n) is 2.02. The van der Waals surface area contributed by atoms with Gasteiger partial charge in [0, 0.05) is 16.4 Å². The Morgan fingerprint density at radius 3 is 2.90 bits per heavy atom. The molecular formula is C14H12Br2N4. The SMILES string of the molecule is Cc1cccc(NCc2cnc3cnc(Br)cn23)c1Br. The molecule has 0 aliphatic heterocycles. The molecule has 4 nitrogen and oxygen atoms in total. The maximum Gasteiger partial charge on any atom is 0.155 e. The van der Waals surface area contributed by atoms with Gasteiger partial charge in [-0.1, -0.05) is 12.1 Å². The molecule has 0 radical (unpaired) electrons. The molecule has 20 heavy (non-hydrogen) atoms. The van der Waals surface area contributed by atoms with E-state index in [1.54, 1.807) is 6.20 Å². The lowest BCUT2D eigenvalue weighted by Crippen LogP contribution is -2.03. The Kier molecular flexibility index (Phi) is 3.76. The van der Waals surface area contributed by atoms with Crippen molar-refractivity contribution in [2.75, 3.05) is 5.32 Å². The van der Waals surface area contributed by atoms with Gasteiger partial charge in [0.2, 0.25) is 0 Å². The van der Waals surface area contributed by atoms with Gasteiger partial charge in [0.05, 0.1) is 24.6 Å². The number of rotatable bonds is 3. The van der Waals surface area contributed by atoms with Crippen LogP contribution in [-0.2, 0) is 6.54 Å². The zero-order valence-corrected chi connectivity index (χ0v) is 13.9. The molecular weight excluding hydrogens is 384 g/mol. The Hall–Kier alpha value is -1.40. The first kappa shape index (κ1) is 13.6. The number of aryl methyl sites for hydroxylation is 1. The van der Waals surface area contributed by atoms with Crippen molar-refractivity contribution in [3.05, 3.63) is 57.1 Å². The van der Waals surface area contributed by atoms with E-state index < -0.39 is 0 Å². The third-order valence-electron chi connectivity index (χ3n) is 3.09. The minimum Gasteiger partial charge on any atom is -0.378 e. The lowest BCUT2D eigenvalue weighted by atomic mass is 10.2. The van der Waals surface area contributed by atoms with Crippen LogP contribution in [0, 0.1) is 6.92 Å². The summed E-state index contributed by atoms with van der Waals surface area (Å²) in [6, 6.07) is 6.17. The smallest absolute Gasteiger partial charge is 0.155 e. The number of nitrogens with one attached hydrogen (secondary N) is 1. The van der Waals surface area contributed by atoms with Gasteiger partial charge in [0.1, 0.15) is 4.60 Å². The second-order valence-corrected chi connectivity index (χ2v) is 6.08. The van der Waals surface area contributed by atoms with Crippen molar-refractivity contribution in [1.29, 1.82) is 0 Å². The average molecular weight is 396 g/mol. The van der Waals surface area contributed by atoms with Crippen LogP contribution in [0.3, 0.4) is 0 Å². The summed E-state index contributed by atoms with van der Waals surface area (Å²) >= 11 is 6.98. The molecule has 1 N–H and O–H groups in total. The van der Waals surface area contributed by atoms with Crippen molar-refractivity contribution in [3.63, 3.8) is 0 Å². The molecule has 0 atom stereocenters. The highest BCUT2D eigenvalue weighted by Crippen LogP contribution is 2.26. The maximum atomic E-state index is 4.34. The predicted octanol–water partition coefficient (Wildman–Crippen LogP) is 4.17. The Balaban J connectivity index is 1.87. The largest absolute Gasteiger partial charge is 0.378 e. The highest BCUT2D eigenvalue weighted by molar-refractivity contribution is 9.10. The van der Waals surface area contributed by atoms with Crippen LogP contribution in [0.15, 0.2) is 45.9 Å². The van der Waals surface area contributed by atoms with Crippen LogP contribution in [0.25, 0.3) is 5.65 Å². The van der Waals surface area contributed by atoms with E-state index in [-0.39, 0.29) is 0 Å². The lowest BCUT2D eigenvalue weighted by molar-refractivity contribution is 0.982. The van der Waals surface area contributed by atoms with Gasteiger partial charge in [0.15, 0.2) is 5.65 Å².